The van der Waals surface area contributed by atoms with Gasteiger partial charge in [0, 0.05) is 5.56 Å². The quantitative estimate of drug-likeness (QED) is 0.827. The van der Waals surface area contributed by atoms with Crippen molar-refractivity contribution in [3.8, 4) is 17.0 Å². The molecule has 1 aromatic heterocycles. The number of nitrogen functional groups attached to an aromatic ring is 1. The molecule has 0 radical (unpaired) electrons. The van der Waals surface area contributed by atoms with Crippen LogP contribution in [0.3, 0.4) is 0 Å². The molecule has 7 heteroatoms. The molecule has 3 rings (SSSR count). The molecule has 19 heavy (non-hydrogen) atoms. The zero-order chi connectivity index (χ0) is 13.4. The number of nitrogens with zero attached hydrogens (tertiary/aromatic N) is 2. The zero-order valence-electron chi connectivity index (χ0n) is 9.68. The number of hydrogen-bond donors (Lipinski definition) is 2. The number of carbonyl (C=O) groups excluding carboxylic acids is 1. The van der Waals surface area contributed by atoms with Crippen LogP contribution in [0.1, 0.15) is 0 Å². The average Bonchev–Trinajstić information content (AvgIpc) is 2.38. The molecule has 1 aliphatic heterocycles. The number of fused-ring (bicyclic) bond motifs is 1. The molecule has 0 spiro atoms. The SMILES string of the molecule is Nc1nc(Cl)cnc1-c1ccc2c(c1)NC(=O)CO2. The number of amides is 1. The van der Waals surface area contributed by atoms with E-state index in [9.17, 15) is 4.79 Å². The first kappa shape index (κ1) is 11.7. The summed E-state index contributed by atoms with van der Waals surface area (Å²) >= 11 is 5.71. The number of ether oxygens (including phenoxy) is 1. The van der Waals surface area contributed by atoms with Crippen molar-refractivity contribution in [1.82, 2.24) is 9.97 Å². The monoisotopic (exact) mass is 276 g/mol. The smallest absolute Gasteiger partial charge is 0.262 e. The van der Waals surface area contributed by atoms with Gasteiger partial charge in [0.25, 0.3) is 5.91 Å². The van der Waals surface area contributed by atoms with E-state index in [2.05, 4.69) is 15.3 Å². The highest BCUT2D eigenvalue weighted by molar-refractivity contribution is 6.29. The van der Waals surface area contributed by atoms with Crippen molar-refractivity contribution in [1.29, 1.82) is 0 Å². The van der Waals surface area contributed by atoms with Crippen LogP contribution in [0.25, 0.3) is 11.3 Å². The Bertz CT molecular complexity index is 675. The number of aromatic nitrogens is 2. The van der Waals surface area contributed by atoms with Crippen molar-refractivity contribution in [2.75, 3.05) is 17.7 Å². The molecule has 1 aliphatic rings. The maximum Gasteiger partial charge on any atom is 0.262 e. The third kappa shape index (κ3) is 2.17. The van der Waals surface area contributed by atoms with E-state index in [0.717, 1.165) is 5.56 Å². The Morgan fingerprint density at radius 3 is 3.05 bits per heavy atom. The van der Waals surface area contributed by atoms with Crippen LogP contribution in [0.4, 0.5) is 11.5 Å². The summed E-state index contributed by atoms with van der Waals surface area (Å²) in [6.07, 6.45) is 1.42. The van der Waals surface area contributed by atoms with Gasteiger partial charge in [0.15, 0.2) is 12.4 Å². The largest absolute Gasteiger partial charge is 0.482 e. The van der Waals surface area contributed by atoms with Gasteiger partial charge in [0.2, 0.25) is 0 Å². The molecule has 0 unspecified atom stereocenters. The van der Waals surface area contributed by atoms with Gasteiger partial charge in [-0.15, -0.1) is 0 Å². The van der Waals surface area contributed by atoms with Crippen molar-refractivity contribution < 1.29 is 9.53 Å². The highest BCUT2D eigenvalue weighted by atomic mass is 35.5. The van der Waals surface area contributed by atoms with E-state index in [0.29, 0.717) is 17.1 Å². The molecule has 96 valence electrons. The number of nitrogens with one attached hydrogen (secondary N) is 1. The number of benzene rings is 1. The van der Waals surface area contributed by atoms with Crippen LogP contribution in [0, 0.1) is 0 Å². The third-order valence-electron chi connectivity index (χ3n) is 2.66. The summed E-state index contributed by atoms with van der Waals surface area (Å²) in [6, 6.07) is 5.28. The first-order valence-electron chi connectivity index (χ1n) is 5.48. The molecule has 2 aromatic rings. The van der Waals surface area contributed by atoms with Crippen LogP contribution < -0.4 is 15.8 Å². The summed E-state index contributed by atoms with van der Waals surface area (Å²) in [5.74, 6) is 0.652. The molecule has 0 aliphatic carbocycles. The number of carbonyl (C=O) groups is 1. The summed E-state index contributed by atoms with van der Waals surface area (Å²) in [4.78, 5) is 19.4. The van der Waals surface area contributed by atoms with E-state index < -0.39 is 0 Å². The Labute approximate surface area is 113 Å². The van der Waals surface area contributed by atoms with Crippen molar-refractivity contribution in [3.63, 3.8) is 0 Å². The Balaban J connectivity index is 2.06. The fraction of sp³-hybridized carbons (Fsp3) is 0.0833. The summed E-state index contributed by atoms with van der Waals surface area (Å²) < 4.78 is 5.28. The van der Waals surface area contributed by atoms with Crippen LogP contribution in [0.5, 0.6) is 5.75 Å². The maximum absolute atomic E-state index is 11.3. The van der Waals surface area contributed by atoms with Gasteiger partial charge >= 0.3 is 0 Å². The summed E-state index contributed by atoms with van der Waals surface area (Å²) in [6.45, 7) is 0.0231. The van der Waals surface area contributed by atoms with Gasteiger partial charge in [-0.3, -0.25) is 4.79 Å². The first-order chi connectivity index (χ1) is 9.13. The number of rotatable bonds is 1. The van der Waals surface area contributed by atoms with Crippen LogP contribution >= 0.6 is 11.6 Å². The van der Waals surface area contributed by atoms with E-state index in [4.69, 9.17) is 22.1 Å². The maximum atomic E-state index is 11.3. The second-order valence-electron chi connectivity index (χ2n) is 3.97. The zero-order valence-corrected chi connectivity index (χ0v) is 10.4. The van der Waals surface area contributed by atoms with E-state index in [1.54, 1.807) is 18.2 Å². The second kappa shape index (κ2) is 4.40. The summed E-state index contributed by atoms with van der Waals surface area (Å²) in [5.41, 5.74) is 7.60. The fourth-order valence-corrected chi connectivity index (χ4v) is 1.97. The number of anilines is 2. The van der Waals surface area contributed by atoms with Gasteiger partial charge in [-0.1, -0.05) is 11.6 Å². The Morgan fingerprint density at radius 1 is 1.42 bits per heavy atom. The molecule has 0 saturated carbocycles. The van der Waals surface area contributed by atoms with Crippen molar-refractivity contribution >= 4 is 29.0 Å². The van der Waals surface area contributed by atoms with Gasteiger partial charge in [0.05, 0.1) is 11.9 Å². The molecular formula is C12H9ClN4O2. The minimum absolute atomic E-state index is 0.0231. The minimum atomic E-state index is -0.195. The number of halogens is 1. The highest BCUT2D eigenvalue weighted by Crippen LogP contribution is 2.33. The molecule has 0 saturated heterocycles. The molecular weight excluding hydrogens is 268 g/mol. The van der Waals surface area contributed by atoms with Crippen LogP contribution in [0.2, 0.25) is 5.15 Å². The second-order valence-corrected chi connectivity index (χ2v) is 4.36. The van der Waals surface area contributed by atoms with Gasteiger partial charge in [-0.2, -0.15) is 0 Å². The Hall–Kier alpha value is -2.34. The van der Waals surface area contributed by atoms with Gasteiger partial charge in [0.1, 0.15) is 16.6 Å². The molecule has 0 atom stereocenters. The van der Waals surface area contributed by atoms with E-state index in [1.165, 1.54) is 6.20 Å². The predicted molar refractivity (Wildman–Crippen MR) is 71.0 cm³/mol. The van der Waals surface area contributed by atoms with Crippen LogP contribution in [-0.2, 0) is 4.79 Å². The van der Waals surface area contributed by atoms with Crippen LogP contribution in [-0.4, -0.2) is 22.5 Å². The lowest BCUT2D eigenvalue weighted by Gasteiger charge is -2.18. The summed E-state index contributed by atoms with van der Waals surface area (Å²) in [7, 11) is 0. The Morgan fingerprint density at radius 2 is 2.26 bits per heavy atom. The van der Waals surface area contributed by atoms with Gasteiger partial charge < -0.3 is 15.8 Å². The molecule has 1 aromatic carbocycles. The van der Waals surface area contributed by atoms with Crippen molar-refractivity contribution in [2.45, 2.75) is 0 Å². The summed E-state index contributed by atoms with van der Waals surface area (Å²) in [5, 5.41) is 2.95. The van der Waals surface area contributed by atoms with Gasteiger partial charge in [-0.05, 0) is 18.2 Å². The predicted octanol–water partition coefficient (Wildman–Crippen LogP) is 1.71. The van der Waals surface area contributed by atoms with E-state index in [1.807, 2.05) is 0 Å². The minimum Gasteiger partial charge on any atom is -0.482 e. The first-order valence-corrected chi connectivity index (χ1v) is 5.86. The molecule has 6 nitrogen and oxygen atoms in total. The highest BCUT2D eigenvalue weighted by Gasteiger charge is 2.17. The van der Waals surface area contributed by atoms with E-state index >= 15 is 0 Å². The Kier molecular flexibility index (Phi) is 2.72. The fourth-order valence-electron chi connectivity index (χ4n) is 1.83. The lowest BCUT2D eigenvalue weighted by atomic mass is 10.1. The van der Waals surface area contributed by atoms with E-state index in [-0.39, 0.29) is 23.5 Å². The lowest BCUT2D eigenvalue weighted by molar-refractivity contribution is -0.118. The average molecular weight is 277 g/mol. The van der Waals surface area contributed by atoms with Crippen molar-refractivity contribution in [2.24, 2.45) is 0 Å². The topological polar surface area (TPSA) is 90.1 Å². The lowest BCUT2D eigenvalue weighted by Crippen LogP contribution is -2.25. The van der Waals surface area contributed by atoms with Gasteiger partial charge in [-0.25, -0.2) is 9.97 Å². The van der Waals surface area contributed by atoms with Crippen LogP contribution in [0.15, 0.2) is 24.4 Å². The normalized spacial score (nSPS) is 13.4. The molecule has 3 N–H and O–H groups in total. The van der Waals surface area contributed by atoms with Crippen molar-refractivity contribution in [3.05, 3.63) is 29.5 Å². The molecule has 1 amide bonds. The molecule has 0 fully saturated rings. The standard InChI is InChI=1S/C12H9ClN4O2/c13-9-4-15-11(12(14)17-9)6-1-2-8-7(3-6)16-10(18)5-19-8/h1-4H,5H2,(H2,14,17)(H,16,18). The molecule has 2 heterocycles. The third-order valence-corrected chi connectivity index (χ3v) is 2.84. The number of nitrogens with two attached hydrogens (primary N) is 1. The molecule has 0 bridgehead atoms. The number of hydrogen-bond acceptors (Lipinski definition) is 5.